The van der Waals surface area contributed by atoms with E-state index in [-0.39, 0.29) is 16.5 Å². The molecule has 1 atom stereocenters. The number of allylic oxidation sites excluding steroid dienone is 8. The van der Waals surface area contributed by atoms with Crippen LogP contribution in [-0.4, -0.2) is 14.5 Å². The summed E-state index contributed by atoms with van der Waals surface area (Å²) in [6.07, 6.45) is 22.8. The first kappa shape index (κ1) is 32.7. The number of nitro groups is 1. The summed E-state index contributed by atoms with van der Waals surface area (Å²) >= 11 is 0. The molecule has 0 aliphatic carbocycles. The number of aromatic nitrogens is 2. The summed E-state index contributed by atoms with van der Waals surface area (Å²) in [6, 6.07) is 18.4. The number of nitrogens with zero attached hydrogens (tertiary/aromatic N) is 3. The summed E-state index contributed by atoms with van der Waals surface area (Å²) in [5, 5.41) is 16.7. The Labute approximate surface area is 266 Å². The maximum Gasteiger partial charge on any atom is 0.253 e. The fourth-order valence-electron chi connectivity index (χ4n) is 5.80. The summed E-state index contributed by atoms with van der Waals surface area (Å²) in [5.41, 5.74) is 7.04. The van der Waals surface area contributed by atoms with E-state index in [1.54, 1.807) is 6.92 Å². The molecule has 0 aliphatic rings. The van der Waals surface area contributed by atoms with Crippen LogP contribution in [0.1, 0.15) is 69.7 Å². The highest BCUT2D eigenvalue weighted by molar-refractivity contribution is 6.13. The third kappa shape index (κ3) is 7.32. The summed E-state index contributed by atoms with van der Waals surface area (Å²) in [6.45, 7) is 9.46. The van der Waals surface area contributed by atoms with Crippen molar-refractivity contribution in [1.82, 2.24) is 9.55 Å². The van der Waals surface area contributed by atoms with Gasteiger partial charge in [-0.15, -0.1) is 12.2 Å². The zero-order valence-electron chi connectivity index (χ0n) is 26.9. The molecule has 1 aromatic heterocycles. The van der Waals surface area contributed by atoms with E-state index in [4.69, 9.17) is 11.4 Å². The van der Waals surface area contributed by atoms with Gasteiger partial charge in [-0.05, 0) is 85.9 Å². The first-order valence-corrected chi connectivity index (χ1v) is 15.5. The Morgan fingerprint density at radius 1 is 1.07 bits per heavy atom. The van der Waals surface area contributed by atoms with Gasteiger partial charge < -0.3 is 0 Å². The van der Waals surface area contributed by atoms with Gasteiger partial charge in [-0.25, -0.2) is 4.98 Å². The van der Waals surface area contributed by atoms with Crippen molar-refractivity contribution in [3.63, 3.8) is 0 Å². The molecule has 45 heavy (non-hydrogen) atoms. The fourth-order valence-corrected chi connectivity index (χ4v) is 5.80. The molecular formula is C40H41N3O2. The quantitative estimate of drug-likeness (QED) is 0.0409. The van der Waals surface area contributed by atoms with Gasteiger partial charge in [0.1, 0.15) is 5.82 Å². The zero-order chi connectivity index (χ0) is 32.3. The van der Waals surface area contributed by atoms with Gasteiger partial charge in [0.05, 0.1) is 21.9 Å². The zero-order valence-corrected chi connectivity index (χ0v) is 26.9. The van der Waals surface area contributed by atoms with Crippen molar-refractivity contribution >= 4 is 32.8 Å². The first-order chi connectivity index (χ1) is 21.9. The number of terminal acetylenes is 1. The number of imidazole rings is 1. The molecule has 5 nitrogen and oxygen atoms in total. The Hall–Kier alpha value is -5.17. The Balaban J connectivity index is 2.00. The van der Waals surface area contributed by atoms with Crippen molar-refractivity contribution < 1.29 is 4.92 Å². The van der Waals surface area contributed by atoms with Crippen molar-refractivity contribution in [1.29, 1.82) is 0 Å². The predicted molar refractivity (Wildman–Crippen MR) is 189 cm³/mol. The third-order valence-electron chi connectivity index (χ3n) is 8.02. The molecule has 1 unspecified atom stereocenters. The normalized spacial score (nSPS) is 13.2. The minimum absolute atomic E-state index is 0.0545. The maximum absolute atomic E-state index is 12.6. The van der Waals surface area contributed by atoms with Crippen LogP contribution in [0.3, 0.4) is 0 Å². The second kappa shape index (κ2) is 15.5. The Bertz CT molecular complexity index is 1940. The van der Waals surface area contributed by atoms with Crippen LogP contribution in [0, 0.1) is 35.3 Å². The number of hydrogen-bond donors (Lipinski definition) is 0. The van der Waals surface area contributed by atoms with Crippen LogP contribution in [0.4, 0.5) is 0 Å². The van der Waals surface area contributed by atoms with E-state index >= 15 is 0 Å². The Morgan fingerprint density at radius 3 is 2.44 bits per heavy atom. The lowest BCUT2D eigenvalue weighted by atomic mass is 9.90. The minimum atomic E-state index is -0.283. The van der Waals surface area contributed by atoms with Gasteiger partial charge in [-0.3, -0.25) is 14.7 Å². The van der Waals surface area contributed by atoms with Gasteiger partial charge in [-0.2, -0.15) is 0 Å². The average Bonchev–Trinajstić information content (AvgIpc) is 3.37. The molecule has 0 fully saturated rings. The van der Waals surface area contributed by atoms with E-state index in [1.807, 2.05) is 76.3 Å². The van der Waals surface area contributed by atoms with Crippen LogP contribution in [0.25, 0.3) is 32.8 Å². The smallest absolute Gasteiger partial charge is 0.253 e. The predicted octanol–water partition coefficient (Wildman–Crippen LogP) is 10.2. The molecule has 5 heteroatoms. The highest BCUT2D eigenvalue weighted by Crippen LogP contribution is 2.39. The fraction of sp³-hybridized carbons (Fsp3) is 0.250. The molecule has 3 aromatic carbocycles. The first-order valence-electron chi connectivity index (χ1n) is 15.5. The molecular weight excluding hydrogens is 554 g/mol. The summed E-state index contributed by atoms with van der Waals surface area (Å²) < 4.78 is 2.12. The minimum Gasteiger partial charge on any atom is -0.300 e. The van der Waals surface area contributed by atoms with E-state index in [2.05, 4.69) is 64.8 Å². The number of rotatable bonds is 12. The molecule has 0 N–H and O–H groups in total. The van der Waals surface area contributed by atoms with Crippen molar-refractivity contribution in [2.75, 3.05) is 0 Å². The monoisotopic (exact) mass is 595 g/mol. The highest BCUT2D eigenvalue weighted by atomic mass is 16.6. The van der Waals surface area contributed by atoms with E-state index in [1.165, 1.54) is 0 Å². The van der Waals surface area contributed by atoms with Gasteiger partial charge in [0.2, 0.25) is 0 Å². The van der Waals surface area contributed by atoms with Gasteiger partial charge in [0.25, 0.3) is 5.70 Å². The summed E-state index contributed by atoms with van der Waals surface area (Å²) in [7, 11) is 0. The summed E-state index contributed by atoms with van der Waals surface area (Å²) in [5.74, 6) is 3.68. The standard InChI is InChI=1S/C40H41N3O2/c1-7-11-13-15-20-31(9-3)26-27-38-41-29(5)40(42(38)33(10-4)22-14-12-8-2)39(30(6)43(44)45)37-28-32-21-16-17-23-34(32)35-24-18-19-25-36(35)37/h3,7-8,10-11,14-21,23-25,28,31H,13,22,26-27H2,1-2,4-6H3/b11-7-,20-15-,33-10+,39-30+. The SMILES string of the molecule is C#CC(/C=C\C/C=C\C)CCc1nc(C)c(/C(=C(\C)[N+](=O)[O-])c2cc3ccccc3c3ccccc23)n1/C(=C/C)CC=C=CC. The van der Waals surface area contributed by atoms with Gasteiger partial charge in [0.15, 0.2) is 0 Å². The molecule has 4 aromatic rings. The molecule has 1 heterocycles. The van der Waals surface area contributed by atoms with E-state index < -0.39 is 0 Å². The average molecular weight is 596 g/mol. The van der Waals surface area contributed by atoms with E-state index in [9.17, 15) is 10.1 Å². The Morgan fingerprint density at radius 2 is 1.78 bits per heavy atom. The van der Waals surface area contributed by atoms with Crippen LogP contribution >= 0.6 is 0 Å². The number of aryl methyl sites for hydroxylation is 2. The number of hydrogen-bond acceptors (Lipinski definition) is 3. The molecule has 0 radical (unpaired) electrons. The van der Waals surface area contributed by atoms with Crippen molar-refractivity contribution in [2.45, 2.75) is 60.3 Å². The molecule has 0 amide bonds. The van der Waals surface area contributed by atoms with Gasteiger partial charge >= 0.3 is 0 Å². The van der Waals surface area contributed by atoms with Crippen molar-refractivity contribution in [3.05, 3.63) is 141 Å². The van der Waals surface area contributed by atoms with Crippen molar-refractivity contribution in [2.24, 2.45) is 5.92 Å². The largest absolute Gasteiger partial charge is 0.300 e. The van der Waals surface area contributed by atoms with Gasteiger partial charge in [0, 0.05) is 31.4 Å². The van der Waals surface area contributed by atoms with Crippen molar-refractivity contribution in [3.8, 4) is 12.3 Å². The molecule has 0 saturated carbocycles. The van der Waals surface area contributed by atoms with Crippen LogP contribution in [0.5, 0.6) is 0 Å². The second-order valence-corrected chi connectivity index (χ2v) is 10.9. The molecule has 0 saturated heterocycles. The second-order valence-electron chi connectivity index (χ2n) is 10.9. The number of benzene rings is 3. The highest BCUT2D eigenvalue weighted by Gasteiger charge is 2.28. The third-order valence-corrected chi connectivity index (χ3v) is 8.02. The van der Waals surface area contributed by atoms with Crippen LogP contribution < -0.4 is 0 Å². The number of fused-ring (bicyclic) bond motifs is 3. The lowest BCUT2D eigenvalue weighted by Gasteiger charge is -2.19. The molecule has 0 bridgehead atoms. The molecule has 0 aliphatic heterocycles. The lowest BCUT2D eigenvalue weighted by molar-refractivity contribution is -0.423. The molecule has 0 spiro atoms. The topological polar surface area (TPSA) is 61.0 Å². The summed E-state index contributed by atoms with van der Waals surface area (Å²) in [4.78, 5) is 17.4. The molecule has 228 valence electrons. The Kier molecular flexibility index (Phi) is 11.3. The van der Waals surface area contributed by atoms with Crippen LogP contribution in [0.2, 0.25) is 0 Å². The van der Waals surface area contributed by atoms with Gasteiger partial charge in [-0.1, -0.05) is 84.8 Å². The van der Waals surface area contributed by atoms with Crippen LogP contribution in [-0.2, 0) is 6.42 Å². The van der Waals surface area contributed by atoms with Crippen LogP contribution in [0.15, 0.2) is 109 Å². The van der Waals surface area contributed by atoms with E-state index in [0.717, 1.165) is 56.4 Å². The maximum atomic E-state index is 12.6. The molecule has 4 rings (SSSR count). The van der Waals surface area contributed by atoms with E-state index in [0.29, 0.717) is 24.8 Å². The lowest BCUT2D eigenvalue weighted by Crippen LogP contribution is -2.11.